The lowest BCUT2D eigenvalue weighted by atomic mass is 10.1. The largest absolute Gasteiger partial charge is 0.496 e. The van der Waals surface area contributed by atoms with Crippen molar-refractivity contribution < 1.29 is 27.5 Å². The number of Topliss-reactive ketones (excluding diaryl/α,β-unsaturated/α-hetero) is 1. The van der Waals surface area contributed by atoms with Gasteiger partial charge in [-0.2, -0.15) is 0 Å². The third kappa shape index (κ3) is 4.27. The Morgan fingerprint density at radius 3 is 2.59 bits per heavy atom. The van der Waals surface area contributed by atoms with Gasteiger partial charge in [0.25, 0.3) is 0 Å². The van der Waals surface area contributed by atoms with Crippen LogP contribution < -0.4 is 9.04 Å². The predicted octanol–water partition coefficient (Wildman–Crippen LogP) is 2.76. The number of sulfonamides is 1. The molecule has 1 aliphatic rings. The van der Waals surface area contributed by atoms with Crippen LogP contribution in [0.1, 0.15) is 38.8 Å². The minimum absolute atomic E-state index is 0.0193. The van der Waals surface area contributed by atoms with Crippen molar-refractivity contribution in [3.05, 3.63) is 58.7 Å². The first-order valence-corrected chi connectivity index (χ1v) is 10.9. The number of nitrogens with zero attached hydrogens (tertiary/aromatic N) is 1. The first-order chi connectivity index (χ1) is 13.8. The second-order valence-electron chi connectivity index (χ2n) is 6.77. The van der Waals surface area contributed by atoms with Crippen LogP contribution in [0.15, 0.2) is 36.4 Å². The summed E-state index contributed by atoms with van der Waals surface area (Å²) in [5, 5.41) is 0. The van der Waals surface area contributed by atoms with Gasteiger partial charge in [-0.3, -0.25) is 9.10 Å². The van der Waals surface area contributed by atoms with Crippen molar-refractivity contribution in [2.75, 3.05) is 30.3 Å². The van der Waals surface area contributed by atoms with Gasteiger partial charge in [0.1, 0.15) is 11.3 Å². The van der Waals surface area contributed by atoms with E-state index in [0.29, 0.717) is 30.0 Å². The van der Waals surface area contributed by atoms with E-state index in [1.165, 1.54) is 11.4 Å². The number of anilines is 1. The normalized spacial score (nSPS) is 13.1. The molecule has 0 saturated heterocycles. The maximum absolute atomic E-state index is 12.5. The Hall–Kier alpha value is -2.87. The molecule has 1 aliphatic heterocycles. The number of fused-ring (bicyclic) bond motifs is 1. The van der Waals surface area contributed by atoms with Crippen LogP contribution in [0.2, 0.25) is 0 Å². The first kappa shape index (κ1) is 20.9. The molecule has 0 aliphatic carbocycles. The van der Waals surface area contributed by atoms with Crippen LogP contribution in [0.25, 0.3) is 0 Å². The fourth-order valence-corrected chi connectivity index (χ4v) is 4.42. The van der Waals surface area contributed by atoms with Gasteiger partial charge in [-0.25, -0.2) is 13.2 Å². The molecule has 0 fully saturated rings. The molecule has 0 atom stereocenters. The summed E-state index contributed by atoms with van der Waals surface area (Å²) in [6.45, 7) is 3.40. The molecule has 0 aromatic heterocycles. The van der Waals surface area contributed by atoms with Crippen molar-refractivity contribution in [1.29, 1.82) is 0 Å². The van der Waals surface area contributed by atoms with E-state index in [1.807, 2.05) is 13.0 Å². The second kappa shape index (κ2) is 8.24. The Morgan fingerprint density at radius 2 is 1.90 bits per heavy atom. The number of carbonyl (C=O) groups is 2. The summed E-state index contributed by atoms with van der Waals surface area (Å²) < 4.78 is 36.1. The van der Waals surface area contributed by atoms with Crippen molar-refractivity contribution in [3.63, 3.8) is 0 Å². The van der Waals surface area contributed by atoms with Gasteiger partial charge in [0.15, 0.2) is 12.4 Å². The van der Waals surface area contributed by atoms with Crippen LogP contribution in [-0.2, 0) is 21.2 Å². The van der Waals surface area contributed by atoms with Gasteiger partial charge < -0.3 is 9.47 Å². The lowest BCUT2D eigenvalue weighted by Gasteiger charge is -2.18. The van der Waals surface area contributed by atoms with E-state index in [0.717, 1.165) is 11.1 Å². The highest BCUT2D eigenvalue weighted by Gasteiger charge is 2.28. The summed E-state index contributed by atoms with van der Waals surface area (Å²) in [4.78, 5) is 24.9. The molecule has 8 heteroatoms. The average Bonchev–Trinajstić information content (AvgIpc) is 3.15. The standard InChI is InChI=1S/C21H23NO6S/c1-4-29(25,26)22-10-9-15-12-16(6-7-18(15)22)19(23)13-28-21(24)17-11-14(2)5-8-20(17)27-3/h5-8,11-12H,4,9-10,13H2,1-3H3. The summed E-state index contributed by atoms with van der Waals surface area (Å²) in [5.74, 6) is -0.599. The highest BCUT2D eigenvalue weighted by Crippen LogP contribution is 2.31. The average molecular weight is 417 g/mol. The molecule has 0 bridgehead atoms. The second-order valence-corrected chi connectivity index (χ2v) is 8.95. The molecule has 2 aromatic rings. The summed E-state index contributed by atoms with van der Waals surface area (Å²) in [6.07, 6.45) is 0.538. The van der Waals surface area contributed by atoms with Crippen molar-refractivity contribution in [2.45, 2.75) is 20.3 Å². The summed E-state index contributed by atoms with van der Waals surface area (Å²) in [5.41, 5.74) is 2.90. The van der Waals surface area contributed by atoms with Crippen LogP contribution in [0.3, 0.4) is 0 Å². The maximum atomic E-state index is 12.5. The van der Waals surface area contributed by atoms with E-state index in [2.05, 4.69) is 0 Å². The topological polar surface area (TPSA) is 90.0 Å². The van der Waals surface area contributed by atoms with Gasteiger partial charge in [0, 0.05) is 12.1 Å². The monoisotopic (exact) mass is 417 g/mol. The Morgan fingerprint density at radius 1 is 1.14 bits per heavy atom. The van der Waals surface area contributed by atoms with Crippen molar-refractivity contribution in [3.8, 4) is 5.75 Å². The van der Waals surface area contributed by atoms with Crippen LogP contribution >= 0.6 is 0 Å². The molecule has 1 heterocycles. The molecule has 0 amide bonds. The van der Waals surface area contributed by atoms with E-state index >= 15 is 0 Å². The highest BCUT2D eigenvalue weighted by atomic mass is 32.2. The minimum atomic E-state index is -3.34. The van der Waals surface area contributed by atoms with Crippen LogP contribution in [0.5, 0.6) is 5.75 Å². The first-order valence-electron chi connectivity index (χ1n) is 9.25. The van der Waals surface area contributed by atoms with Crippen LogP contribution in [0.4, 0.5) is 5.69 Å². The molecule has 2 aromatic carbocycles. The van der Waals surface area contributed by atoms with E-state index in [-0.39, 0.29) is 17.1 Å². The smallest absolute Gasteiger partial charge is 0.342 e. The van der Waals surface area contributed by atoms with Crippen LogP contribution in [-0.4, -0.2) is 46.2 Å². The molecule has 154 valence electrons. The number of rotatable bonds is 7. The lowest BCUT2D eigenvalue weighted by molar-refractivity contribution is 0.0471. The Kier molecular flexibility index (Phi) is 5.93. The predicted molar refractivity (Wildman–Crippen MR) is 109 cm³/mol. The van der Waals surface area contributed by atoms with Crippen molar-refractivity contribution >= 4 is 27.5 Å². The number of esters is 1. The number of hydrogen-bond donors (Lipinski definition) is 0. The van der Waals surface area contributed by atoms with Crippen molar-refractivity contribution in [2.24, 2.45) is 0 Å². The van der Waals surface area contributed by atoms with Crippen LogP contribution in [0, 0.1) is 6.92 Å². The maximum Gasteiger partial charge on any atom is 0.342 e. The fourth-order valence-electron chi connectivity index (χ4n) is 3.26. The van der Waals surface area contributed by atoms with Gasteiger partial charge in [-0.1, -0.05) is 11.6 Å². The van der Waals surface area contributed by atoms with E-state index in [9.17, 15) is 18.0 Å². The Balaban J connectivity index is 1.71. The molecule has 0 N–H and O–H groups in total. The zero-order valence-corrected chi connectivity index (χ0v) is 17.4. The van der Waals surface area contributed by atoms with E-state index in [4.69, 9.17) is 9.47 Å². The highest BCUT2D eigenvalue weighted by molar-refractivity contribution is 7.92. The van der Waals surface area contributed by atoms with Crippen molar-refractivity contribution in [1.82, 2.24) is 0 Å². The van der Waals surface area contributed by atoms with Gasteiger partial charge in [-0.15, -0.1) is 0 Å². The molecule has 0 unspecified atom stereocenters. The molecule has 7 nitrogen and oxygen atoms in total. The number of hydrogen-bond acceptors (Lipinski definition) is 6. The quantitative estimate of drug-likeness (QED) is 0.508. The zero-order chi connectivity index (χ0) is 21.2. The summed E-state index contributed by atoms with van der Waals surface area (Å²) in [7, 11) is -1.88. The molecule has 0 radical (unpaired) electrons. The number of aryl methyl sites for hydroxylation is 1. The van der Waals surface area contributed by atoms with Gasteiger partial charge >= 0.3 is 5.97 Å². The number of benzene rings is 2. The lowest BCUT2D eigenvalue weighted by Crippen LogP contribution is -2.30. The molecule has 0 saturated carbocycles. The SMILES string of the molecule is CCS(=O)(=O)N1CCc2cc(C(=O)COC(=O)c3cc(C)ccc3OC)ccc21. The number of carbonyl (C=O) groups excluding carboxylic acids is 2. The Bertz CT molecular complexity index is 1060. The molecular weight excluding hydrogens is 394 g/mol. The number of ketones is 1. The summed E-state index contributed by atoms with van der Waals surface area (Å²) >= 11 is 0. The van der Waals surface area contributed by atoms with Gasteiger partial charge in [0.05, 0.1) is 18.6 Å². The number of methoxy groups -OCH3 is 1. The minimum Gasteiger partial charge on any atom is -0.496 e. The van der Waals surface area contributed by atoms with E-state index in [1.54, 1.807) is 37.3 Å². The molecule has 29 heavy (non-hydrogen) atoms. The third-order valence-electron chi connectivity index (χ3n) is 4.86. The third-order valence-corrected chi connectivity index (χ3v) is 6.64. The molecule has 0 spiro atoms. The van der Waals surface area contributed by atoms with Gasteiger partial charge in [-0.05, 0) is 56.2 Å². The van der Waals surface area contributed by atoms with E-state index < -0.39 is 22.6 Å². The summed E-state index contributed by atoms with van der Waals surface area (Å²) in [6, 6.07) is 9.99. The Labute approximate surface area is 170 Å². The number of ether oxygens (including phenoxy) is 2. The zero-order valence-electron chi connectivity index (χ0n) is 16.6. The molecular formula is C21H23NO6S. The fraction of sp³-hybridized carbons (Fsp3) is 0.333. The molecule has 3 rings (SSSR count). The van der Waals surface area contributed by atoms with Gasteiger partial charge in [0.2, 0.25) is 10.0 Å².